The molecule has 2 saturated heterocycles. The van der Waals surface area contributed by atoms with Crippen molar-refractivity contribution in [3.63, 3.8) is 0 Å². The maximum Gasteiger partial charge on any atom is 0.262 e. The highest BCUT2D eigenvalue weighted by molar-refractivity contribution is 5.82. The van der Waals surface area contributed by atoms with E-state index in [9.17, 15) is 13.6 Å². The van der Waals surface area contributed by atoms with E-state index >= 15 is 0 Å². The largest absolute Gasteiger partial charge is 0.351 e. The molecule has 2 aliphatic heterocycles. The van der Waals surface area contributed by atoms with Gasteiger partial charge in [-0.1, -0.05) is 31.2 Å². The molecule has 26 heavy (non-hydrogen) atoms. The van der Waals surface area contributed by atoms with Crippen LogP contribution in [0.4, 0.5) is 8.78 Å². The second kappa shape index (κ2) is 8.41. The molecule has 0 aliphatic carbocycles. The minimum Gasteiger partial charge on any atom is -0.351 e. The van der Waals surface area contributed by atoms with Crippen LogP contribution in [0.25, 0.3) is 0 Å². The molecule has 0 spiro atoms. The number of halogens is 2. The van der Waals surface area contributed by atoms with E-state index in [4.69, 9.17) is 0 Å². The molecule has 2 heterocycles. The van der Waals surface area contributed by atoms with Crippen LogP contribution < -0.4 is 10.6 Å². The molecule has 1 aromatic carbocycles. The molecule has 5 nitrogen and oxygen atoms in total. The third-order valence-corrected chi connectivity index (χ3v) is 5.30. The first-order valence-corrected chi connectivity index (χ1v) is 9.37. The van der Waals surface area contributed by atoms with E-state index in [1.165, 1.54) is 5.56 Å². The van der Waals surface area contributed by atoms with Crippen molar-refractivity contribution in [3.8, 4) is 0 Å². The lowest BCUT2D eigenvalue weighted by molar-refractivity contribution is -0.123. The number of benzene rings is 1. The zero-order chi connectivity index (χ0) is 18.6. The standard InChI is InChI=1S/C19H28F2N4O/c1-2-24-7-9-25(10-8-24)13-16-6-4-3-5-15(16)12-22-18(26)17-11-19(20,21)14-23-17/h3-6,17,23H,2,7-14H2,1H3,(H,22,26). The Morgan fingerprint density at radius 3 is 2.46 bits per heavy atom. The van der Waals surface area contributed by atoms with Gasteiger partial charge < -0.3 is 10.2 Å². The Kier molecular flexibility index (Phi) is 6.21. The first kappa shape index (κ1) is 19.2. The van der Waals surface area contributed by atoms with Crippen molar-refractivity contribution in [2.75, 3.05) is 39.3 Å². The topological polar surface area (TPSA) is 47.6 Å². The summed E-state index contributed by atoms with van der Waals surface area (Å²) in [6, 6.07) is 7.22. The Balaban J connectivity index is 1.53. The van der Waals surface area contributed by atoms with E-state index in [0.29, 0.717) is 6.54 Å². The van der Waals surface area contributed by atoms with E-state index in [1.807, 2.05) is 18.2 Å². The molecule has 7 heteroatoms. The minimum atomic E-state index is -2.79. The predicted molar refractivity (Wildman–Crippen MR) is 97.0 cm³/mol. The van der Waals surface area contributed by atoms with Crippen molar-refractivity contribution in [2.24, 2.45) is 0 Å². The second-order valence-corrected chi connectivity index (χ2v) is 7.19. The molecule has 2 N–H and O–H groups in total. The summed E-state index contributed by atoms with van der Waals surface area (Å²) >= 11 is 0. The van der Waals surface area contributed by atoms with Crippen molar-refractivity contribution in [2.45, 2.75) is 38.4 Å². The zero-order valence-electron chi connectivity index (χ0n) is 15.3. The number of carbonyl (C=O) groups excluding carboxylic acids is 1. The molecule has 1 atom stereocenters. The molecular formula is C19H28F2N4O. The zero-order valence-corrected chi connectivity index (χ0v) is 15.3. The minimum absolute atomic E-state index is 0.353. The van der Waals surface area contributed by atoms with Crippen molar-refractivity contribution in [1.82, 2.24) is 20.4 Å². The second-order valence-electron chi connectivity index (χ2n) is 7.19. The van der Waals surface area contributed by atoms with Gasteiger partial charge in [0.1, 0.15) is 0 Å². The normalized spacial score (nSPS) is 23.9. The van der Waals surface area contributed by atoms with Gasteiger partial charge in [0, 0.05) is 45.7 Å². The Labute approximate surface area is 153 Å². The molecule has 2 aliphatic rings. The van der Waals surface area contributed by atoms with Gasteiger partial charge in [-0.3, -0.25) is 15.0 Å². The summed E-state index contributed by atoms with van der Waals surface area (Å²) in [5, 5.41) is 5.41. The Hall–Kier alpha value is -1.57. The first-order valence-electron chi connectivity index (χ1n) is 9.37. The van der Waals surface area contributed by atoms with Crippen LogP contribution in [0.15, 0.2) is 24.3 Å². The van der Waals surface area contributed by atoms with Gasteiger partial charge in [-0.2, -0.15) is 0 Å². The van der Waals surface area contributed by atoms with E-state index in [1.54, 1.807) is 0 Å². The number of hydrogen-bond acceptors (Lipinski definition) is 4. The van der Waals surface area contributed by atoms with Gasteiger partial charge in [0.05, 0.1) is 12.6 Å². The maximum absolute atomic E-state index is 13.2. The fourth-order valence-electron chi connectivity index (χ4n) is 3.60. The number of nitrogens with zero attached hydrogens (tertiary/aromatic N) is 2. The van der Waals surface area contributed by atoms with Crippen LogP contribution in [0.3, 0.4) is 0 Å². The molecule has 0 bridgehead atoms. The van der Waals surface area contributed by atoms with Gasteiger partial charge in [0.25, 0.3) is 5.92 Å². The van der Waals surface area contributed by atoms with Crippen LogP contribution in [0, 0.1) is 0 Å². The highest BCUT2D eigenvalue weighted by Gasteiger charge is 2.42. The number of alkyl halides is 2. The first-order chi connectivity index (χ1) is 12.5. The van der Waals surface area contributed by atoms with Gasteiger partial charge in [0.2, 0.25) is 5.91 Å². The summed E-state index contributed by atoms with van der Waals surface area (Å²) in [6.45, 7) is 8.30. The summed E-state index contributed by atoms with van der Waals surface area (Å²) in [4.78, 5) is 17.0. The summed E-state index contributed by atoms with van der Waals surface area (Å²) < 4.78 is 26.5. The molecule has 0 aromatic heterocycles. The van der Waals surface area contributed by atoms with Crippen LogP contribution in [-0.2, 0) is 17.9 Å². The van der Waals surface area contributed by atoms with Crippen molar-refractivity contribution in [1.29, 1.82) is 0 Å². The molecule has 0 radical (unpaired) electrons. The van der Waals surface area contributed by atoms with Crippen LogP contribution in [0.2, 0.25) is 0 Å². The SMILES string of the molecule is CCN1CCN(Cc2ccccc2CNC(=O)C2CC(F)(F)CN2)CC1. The lowest BCUT2D eigenvalue weighted by Crippen LogP contribution is -2.45. The Bertz CT molecular complexity index is 617. The Morgan fingerprint density at radius 1 is 1.19 bits per heavy atom. The monoisotopic (exact) mass is 366 g/mol. The average Bonchev–Trinajstić information content (AvgIpc) is 3.01. The third kappa shape index (κ3) is 4.99. The van der Waals surface area contributed by atoms with Crippen LogP contribution >= 0.6 is 0 Å². The summed E-state index contributed by atoms with van der Waals surface area (Å²) in [5.41, 5.74) is 2.23. The molecule has 144 valence electrons. The molecule has 1 amide bonds. The van der Waals surface area contributed by atoms with Gasteiger partial charge in [-0.05, 0) is 17.7 Å². The van der Waals surface area contributed by atoms with Crippen LogP contribution in [0.5, 0.6) is 0 Å². The average molecular weight is 366 g/mol. The predicted octanol–water partition coefficient (Wildman–Crippen LogP) is 1.44. The van der Waals surface area contributed by atoms with E-state index in [2.05, 4.69) is 33.4 Å². The highest BCUT2D eigenvalue weighted by Crippen LogP contribution is 2.25. The van der Waals surface area contributed by atoms with Crippen molar-refractivity contribution in [3.05, 3.63) is 35.4 Å². The van der Waals surface area contributed by atoms with Gasteiger partial charge >= 0.3 is 0 Å². The number of rotatable bonds is 6. The van der Waals surface area contributed by atoms with E-state index < -0.39 is 24.9 Å². The quantitative estimate of drug-likeness (QED) is 0.800. The van der Waals surface area contributed by atoms with Crippen LogP contribution in [0.1, 0.15) is 24.5 Å². The molecule has 3 rings (SSSR count). The number of nitrogens with one attached hydrogen (secondary N) is 2. The number of hydrogen-bond donors (Lipinski definition) is 2. The fraction of sp³-hybridized carbons (Fsp3) is 0.632. The van der Waals surface area contributed by atoms with Crippen molar-refractivity contribution < 1.29 is 13.6 Å². The fourth-order valence-corrected chi connectivity index (χ4v) is 3.60. The molecule has 1 aromatic rings. The summed E-state index contributed by atoms with van der Waals surface area (Å²) in [7, 11) is 0. The van der Waals surface area contributed by atoms with Gasteiger partial charge in [0.15, 0.2) is 0 Å². The summed E-state index contributed by atoms with van der Waals surface area (Å²) in [5.74, 6) is -3.14. The maximum atomic E-state index is 13.2. The Morgan fingerprint density at radius 2 is 1.85 bits per heavy atom. The molecule has 2 fully saturated rings. The lowest BCUT2D eigenvalue weighted by Gasteiger charge is -2.34. The number of likely N-dealkylation sites (N-methyl/N-ethyl adjacent to an activating group) is 1. The van der Waals surface area contributed by atoms with E-state index in [-0.39, 0.29) is 5.91 Å². The molecule has 1 unspecified atom stereocenters. The smallest absolute Gasteiger partial charge is 0.262 e. The highest BCUT2D eigenvalue weighted by atomic mass is 19.3. The van der Waals surface area contributed by atoms with Crippen molar-refractivity contribution >= 4 is 5.91 Å². The number of carbonyl (C=O) groups is 1. The molecular weight excluding hydrogens is 338 g/mol. The van der Waals surface area contributed by atoms with Crippen LogP contribution in [-0.4, -0.2) is 66.9 Å². The number of piperazine rings is 1. The molecule has 0 saturated carbocycles. The van der Waals surface area contributed by atoms with E-state index in [0.717, 1.165) is 44.8 Å². The lowest BCUT2D eigenvalue weighted by atomic mass is 10.1. The summed E-state index contributed by atoms with van der Waals surface area (Å²) in [6.07, 6.45) is -0.428. The third-order valence-electron chi connectivity index (χ3n) is 5.30. The van der Waals surface area contributed by atoms with Gasteiger partial charge in [-0.25, -0.2) is 8.78 Å². The number of amides is 1. The van der Waals surface area contributed by atoms with Gasteiger partial charge in [-0.15, -0.1) is 0 Å².